The first-order chi connectivity index (χ1) is 11.9. The molecular weight excluding hydrogens is 362 g/mol. The number of thiol groups is 1. The molecule has 0 spiro atoms. The Morgan fingerprint density at radius 3 is 2.64 bits per heavy atom. The molecule has 3 N–H and O–H groups in total. The number of carboxylic acid groups (broad SMARTS) is 1. The monoisotopic (exact) mass is 375 g/mol. The second-order valence-corrected chi connectivity index (χ2v) is 6.05. The van der Waals surface area contributed by atoms with Crippen molar-refractivity contribution in [3.63, 3.8) is 0 Å². The van der Waals surface area contributed by atoms with Gasteiger partial charge in [-0.05, 0) is 35.4 Å². The lowest BCUT2D eigenvalue weighted by atomic mass is 10.1. The maximum absolute atomic E-state index is 10.9. The van der Waals surface area contributed by atoms with Gasteiger partial charge in [0.05, 0.1) is 5.69 Å². The van der Waals surface area contributed by atoms with Crippen molar-refractivity contribution in [2.45, 2.75) is 17.9 Å². The van der Waals surface area contributed by atoms with Crippen LogP contribution in [0.15, 0.2) is 41.3 Å². The van der Waals surface area contributed by atoms with Gasteiger partial charge in [-0.25, -0.2) is 0 Å². The van der Waals surface area contributed by atoms with Gasteiger partial charge in [0.25, 0.3) is 0 Å². The van der Waals surface area contributed by atoms with Crippen LogP contribution in [0.5, 0.6) is 0 Å². The maximum Gasteiger partial charge on any atom is 0.325 e. The molecule has 0 fully saturated rings. The van der Waals surface area contributed by atoms with Gasteiger partial charge >= 0.3 is 5.97 Å². The van der Waals surface area contributed by atoms with Gasteiger partial charge in [-0.1, -0.05) is 30.3 Å². The number of nitrogens with zero attached hydrogens (tertiary/aromatic N) is 3. The number of fused-ring (bicyclic) bond motifs is 1. The Morgan fingerprint density at radius 2 is 1.88 bits per heavy atom. The Morgan fingerprint density at radius 1 is 1.16 bits per heavy atom. The molecule has 1 atom stereocenters. The number of halogens is 1. The molecule has 2 aromatic carbocycles. The highest BCUT2D eigenvalue weighted by molar-refractivity contribution is 7.80. The molecule has 0 saturated heterocycles. The van der Waals surface area contributed by atoms with E-state index in [-0.39, 0.29) is 17.2 Å². The minimum absolute atomic E-state index is 0.0564. The number of rotatable bonds is 5. The van der Waals surface area contributed by atoms with Crippen molar-refractivity contribution < 1.29 is 9.90 Å². The summed E-state index contributed by atoms with van der Waals surface area (Å²) in [5, 5.41) is 16.6. The molecule has 1 unspecified atom stereocenters. The van der Waals surface area contributed by atoms with Gasteiger partial charge in [0, 0.05) is 4.90 Å². The summed E-state index contributed by atoms with van der Waals surface area (Å²) >= 11 is 10.5. The van der Waals surface area contributed by atoms with E-state index in [1.807, 2.05) is 36.4 Å². The molecule has 0 saturated carbocycles. The van der Waals surface area contributed by atoms with Crippen LogP contribution in [0.2, 0.25) is 5.28 Å². The lowest BCUT2D eigenvalue weighted by Crippen LogP contribution is -2.26. The summed E-state index contributed by atoms with van der Waals surface area (Å²) in [6.07, 6.45) is 0. The van der Waals surface area contributed by atoms with Crippen LogP contribution in [0.3, 0.4) is 0 Å². The van der Waals surface area contributed by atoms with E-state index in [2.05, 4.69) is 38.2 Å². The fourth-order valence-corrected chi connectivity index (χ4v) is 2.70. The van der Waals surface area contributed by atoms with Crippen molar-refractivity contribution in [1.29, 1.82) is 0 Å². The first-order valence-electron chi connectivity index (χ1n) is 7.32. The molecule has 3 rings (SSSR count). The molecule has 0 radical (unpaired) electrons. The quantitative estimate of drug-likeness (QED) is 0.505. The minimum atomic E-state index is -1.03. The molecule has 9 heteroatoms. The molecule has 0 aliphatic carbocycles. The molecule has 1 heterocycles. The van der Waals surface area contributed by atoms with Gasteiger partial charge in [-0.15, -0.1) is 12.6 Å². The Kier molecular flexibility index (Phi) is 4.91. The number of benzene rings is 2. The maximum atomic E-state index is 10.9. The van der Waals surface area contributed by atoms with Crippen molar-refractivity contribution in [2.75, 3.05) is 10.6 Å². The lowest BCUT2D eigenvalue weighted by Gasteiger charge is -2.12. The van der Waals surface area contributed by atoms with Crippen LogP contribution in [0.1, 0.15) is 6.92 Å². The summed E-state index contributed by atoms with van der Waals surface area (Å²) in [6.45, 7) is 1.47. The third kappa shape index (κ3) is 3.92. The van der Waals surface area contributed by atoms with Crippen molar-refractivity contribution in [1.82, 2.24) is 15.0 Å². The summed E-state index contributed by atoms with van der Waals surface area (Å²) in [5.41, 5.74) is 0.696. The number of hydrogen-bond acceptors (Lipinski definition) is 7. The molecule has 128 valence electrons. The van der Waals surface area contributed by atoms with Crippen molar-refractivity contribution in [3.8, 4) is 0 Å². The number of carboxylic acids is 1. The highest BCUT2D eigenvalue weighted by atomic mass is 35.5. The zero-order valence-corrected chi connectivity index (χ0v) is 14.7. The van der Waals surface area contributed by atoms with E-state index < -0.39 is 12.0 Å². The predicted molar refractivity (Wildman–Crippen MR) is 100 cm³/mol. The number of nitrogens with one attached hydrogen (secondary N) is 2. The SMILES string of the molecule is CC(Nc1nc(Cl)nc(Nc2ccc3ccccc3c2S)n1)C(=O)O. The molecule has 0 aliphatic rings. The Labute approximate surface area is 153 Å². The summed E-state index contributed by atoms with van der Waals surface area (Å²) < 4.78 is 0. The molecular formula is C16H14ClN5O2S. The molecule has 0 aliphatic heterocycles. The van der Waals surface area contributed by atoms with Crippen LogP contribution in [0, 0.1) is 0 Å². The predicted octanol–water partition coefficient (Wildman–Crippen LogP) is 3.60. The highest BCUT2D eigenvalue weighted by Gasteiger charge is 2.14. The summed E-state index contributed by atoms with van der Waals surface area (Å²) in [4.78, 5) is 23.7. The van der Waals surface area contributed by atoms with E-state index in [4.69, 9.17) is 16.7 Å². The third-order valence-electron chi connectivity index (χ3n) is 3.47. The van der Waals surface area contributed by atoms with Crippen LogP contribution in [-0.2, 0) is 4.79 Å². The van der Waals surface area contributed by atoms with E-state index in [0.717, 1.165) is 15.7 Å². The van der Waals surface area contributed by atoms with E-state index >= 15 is 0 Å². The van der Waals surface area contributed by atoms with E-state index in [1.54, 1.807) is 0 Å². The third-order valence-corrected chi connectivity index (χ3v) is 4.12. The van der Waals surface area contributed by atoms with Gasteiger partial charge in [-0.3, -0.25) is 4.79 Å². The molecule has 0 bridgehead atoms. The second-order valence-electron chi connectivity index (χ2n) is 5.26. The van der Waals surface area contributed by atoms with Crippen molar-refractivity contribution in [3.05, 3.63) is 41.7 Å². The van der Waals surface area contributed by atoms with Gasteiger partial charge < -0.3 is 15.7 Å². The molecule has 25 heavy (non-hydrogen) atoms. The zero-order chi connectivity index (χ0) is 18.0. The summed E-state index contributed by atoms with van der Waals surface area (Å²) in [6, 6.07) is 10.8. The van der Waals surface area contributed by atoms with E-state index in [1.165, 1.54) is 6.92 Å². The van der Waals surface area contributed by atoms with Crippen LogP contribution in [0.4, 0.5) is 17.6 Å². The smallest absolute Gasteiger partial charge is 0.325 e. The number of aromatic nitrogens is 3. The number of hydrogen-bond donors (Lipinski definition) is 4. The Balaban J connectivity index is 1.91. The van der Waals surface area contributed by atoms with Crippen molar-refractivity contribution in [2.24, 2.45) is 0 Å². The van der Waals surface area contributed by atoms with Gasteiger partial charge in [0.1, 0.15) is 6.04 Å². The summed E-state index contributed by atoms with van der Waals surface area (Å²) in [5.74, 6) is -0.775. The molecule has 1 aromatic heterocycles. The fourth-order valence-electron chi connectivity index (χ4n) is 2.20. The summed E-state index contributed by atoms with van der Waals surface area (Å²) in [7, 11) is 0. The van der Waals surface area contributed by atoms with Gasteiger partial charge in [0.2, 0.25) is 17.2 Å². The number of anilines is 3. The Bertz CT molecular complexity index is 953. The largest absolute Gasteiger partial charge is 0.480 e. The highest BCUT2D eigenvalue weighted by Crippen LogP contribution is 2.31. The number of aliphatic carboxylic acids is 1. The molecule has 0 amide bonds. The van der Waals surface area contributed by atoms with Gasteiger partial charge in [-0.2, -0.15) is 15.0 Å². The van der Waals surface area contributed by atoms with Crippen LogP contribution in [0.25, 0.3) is 10.8 Å². The topological polar surface area (TPSA) is 100 Å². The first-order valence-corrected chi connectivity index (χ1v) is 8.15. The van der Waals surface area contributed by atoms with Crippen LogP contribution < -0.4 is 10.6 Å². The fraction of sp³-hybridized carbons (Fsp3) is 0.125. The van der Waals surface area contributed by atoms with Crippen LogP contribution in [-0.4, -0.2) is 32.1 Å². The average Bonchev–Trinajstić information content (AvgIpc) is 2.57. The van der Waals surface area contributed by atoms with Crippen LogP contribution >= 0.6 is 24.2 Å². The van der Waals surface area contributed by atoms with E-state index in [9.17, 15) is 4.79 Å². The molecule has 7 nitrogen and oxygen atoms in total. The lowest BCUT2D eigenvalue weighted by molar-refractivity contribution is -0.137. The van der Waals surface area contributed by atoms with Gasteiger partial charge in [0.15, 0.2) is 0 Å². The minimum Gasteiger partial charge on any atom is -0.480 e. The van der Waals surface area contributed by atoms with E-state index in [0.29, 0.717) is 5.69 Å². The second kappa shape index (κ2) is 7.12. The standard InChI is InChI=1S/C16H14ClN5O2S/c1-8(13(23)24)18-15-20-14(17)21-16(22-15)19-11-7-6-9-4-2-3-5-10(9)12(11)25/h2-8,25H,1H3,(H,23,24)(H2,18,19,20,21,22). The molecule has 3 aromatic rings. The first kappa shape index (κ1) is 17.2. The zero-order valence-electron chi connectivity index (χ0n) is 13.1. The van der Waals surface area contributed by atoms with Crippen molar-refractivity contribution >= 4 is 58.6 Å². The normalized spacial score (nSPS) is 12.0. The Hall–Kier alpha value is -2.58. The number of carbonyl (C=O) groups is 1. The average molecular weight is 376 g/mol.